The number of aliphatic hydroxyl groups excluding tert-OH is 1. The minimum atomic E-state index is -0.948. The summed E-state index contributed by atoms with van der Waals surface area (Å²) in [6.45, 7) is 4.13. The summed E-state index contributed by atoms with van der Waals surface area (Å²) in [5.41, 5.74) is 5.26. The maximum absolute atomic E-state index is 11.9. The monoisotopic (exact) mass is 482 g/mol. The second-order valence-corrected chi connectivity index (χ2v) is 9.19. The molecule has 1 fully saturated rings. The summed E-state index contributed by atoms with van der Waals surface area (Å²) < 4.78 is 1.97. The maximum Gasteiger partial charge on any atom is 0.228 e. The summed E-state index contributed by atoms with van der Waals surface area (Å²) in [4.78, 5) is 37.3. The number of aliphatic hydroxyl groups is 1. The van der Waals surface area contributed by atoms with Gasteiger partial charge in [0.05, 0.1) is 12.1 Å². The first-order chi connectivity index (χ1) is 17.5. The second kappa shape index (κ2) is 8.76. The lowest BCUT2D eigenvalue weighted by Gasteiger charge is -2.34. The Kier molecular flexibility index (Phi) is 5.41. The number of benzene rings is 2. The molecule has 1 saturated heterocycles. The molecule has 2 amide bonds. The Labute approximate surface area is 208 Å². The van der Waals surface area contributed by atoms with E-state index in [1.165, 1.54) is 0 Å². The van der Waals surface area contributed by atoms with Gasteiger partial charge in [0.15, 0.2) is 11.5 Å². The zero-order chi connectivity index (χ0) is 24.8. The van der Waals surface area contributed by atoms with Gasteiger partial charge in [0.2, 0.25) is 11.8 Å². The normalized spacial score (nSPS) is 16.2. The Morgan fingerprint density at radius 3 is 2.61 bits per heavy atom. The van der Waals surface area contributed by atoms with Crippen LogP contribution in [0, 0.1) is 0 Å². The average molecular weight is 483 g/mol. The van der Waals surface area contributed by atoms with Gasteiger partial charge in [-0.25, -0.2) is 9.97 Å². The number of nitrogens with zero attached hydrogens (tertiary/aromatic N) is 5. The molecular formula is C27H26N6O3. The molecule has 0 radical (unpaired) electrons. The first-order valence-corrected chi connectivity index (χ1v) is 12.0. The van der Waals surface area contributed by atoms with Crippen LogP contribution in [0.3, 0.4) is 0 Å². The Bertz CT molecular complexity index is 1470. The highest BCUT2D eigenvalue weighted by Gasteiger charge is 2.28. The van der Waals surface area contributed by atoms with E-state index in [2.05, 4.69) is 15.2 Å². The van der Waals surface area contributed by atoms with E-state index < -0.39 is 6.10 Å². The third-order valence-electron chi connectivity index (χ3n) is 6.95. The van der Waals surface area contributed by atoms with Crippen LogP contribution in [0.5, 0.6) is 0 Å². The standard InChI is InChI=1S/C27H26N6O3/c1-17(34)31-11-13-32(14-12-31)26-27-30-23(25(36)18-5-3-2-4-6-18)24(33(27)10-9-28-26)19-7-8-21-20(15-19)16-22(35)29-21/h2-10,15,25,36H,11-14,16H2,1H3,(H,29,35). The minimum Gasteiger partial charge on any atom is -0.382 e. The van der Waals surface area contributed by atoms with Gasteiger partial charge in [-0.2, -0.15) is 0 Å². The van der Waals surface area contributed by atoms with Crippen LogP contribution in [0.25, 0.3) is 16.9 Å². The van der Waals surface area contributed by atoms with Crippen LogP contribution in [0.2, 0.25) is 0 Å². The molecule has 0 bridgehead atoms. The van der Waals surface area contributed by atoms with Crippen molar-refractivity contribution >= 4 is 29.0 Å². The van der Waals surface area contributed by atoms with E-state index in [9.17, 15) is 14.7 Å². The number of carbonyl (C=O) groups excluding carboxylic acids is 2. The smallest absolute Gasteiger partial charge is 0.228 e. The van der Waals surface area contributed by atoms with Crippen LogP contribution < -0.4 is 10.2 Å². The number of aromatic nitrogens is 3. The van der Waals surface area contributed by atoms with E-state index in [1.807, 2.05) is 64.0 Å². The van der Waals surface area contributed by atoms with Gasteiger partial charge >= 0.3 is 0 Å². The van der Waals surface area contributed by atoms with Gasteiger partial charge in [0.1, 0.15) is 11.8 Å². The van der Waals surface area contributed by atoms with E-state index in [0.29, 0.717) is 49.8 Å². The number of carbonyl (C=O) groups is 2. The van der Waals surface area contributed by atoms with Crippen molar-refractivity contribution in [3.8, 4) is 11.3 Å². The van der Waals surface area contributed by atoms with Gasteiger partial charge in [-0.05, 0) is 23.3 Å². The molecule has 2 aromatic carbocycles. The lowest BCUT2D eigenvalue weighted by Crippen LogP contribution is -2.48. The number of nitrogens with one attached hydrogen (secondary N) is 1. The van der Waals surface area contributed by atoms with Crippen LogP contribution in [0.15, 0.2) is 60.9 Å². The van der Waals surface area contributed by atoms with Crippen molar-refractivity contribution in [3.63, 3.8) is 0 Å². The van der Waals surface area contributed by atoms with E-state index in [4.69, 9.17) is 4.98 Å². The van der Waals surface area contributed by atoms with Crippen LogP contribution in [0.1, 0.15) is 29.8 Å². The second-order valence-electron chi connectivity index (χ2n) is 9.19. The van der Waals surface area contributed by atoms with E-state index in [0.717, 1.165) is 28.1 Å². The van der Waals surface area contributed by atoms with Gasteiger partial charge in [-0.1, -0.05) is 36.4 Å². The number of rotatable bonds is 4. The Morgan fingerprint density at radius 1 is 1.08 bits per heavy atom. The van der Waals surface area contributed by atoms with E-state index in [1.54, 1.807) is 13.1 Å². The zero-order valence-corrected chi connectivity index (χ0v) is 19.9. The molecule has 36 heavy (non-hydrogen) atoms. The summed E-state index contributed by atoms with van der Waals surface area (Å²) in [6, 6.07) is 15.3. The number of imidazole rings is 1. The first-order valence-electron chi connectivity index (χ1n) is 12.0. The molecule has 4 aromatic rings. The van der Waals surface area contributed by atoms with Crippen molar-refractivity contribution in [1.29, 1.82) is 0 Å². The van der Waals surface area contributed by atoms with Crippen LogP contribution >= 0.6 is 0 Å². The van der Waals surface area contributed by atoms with Crippen molar-refractivity contribution < 1.29 is 14.7 Å². The third-order valence-corrected chi connectivity index (χ3v) is 6.95. The highest BCUT2D eigenvalue weighted by molar-refractivity contribution is 5.99. The van der Waals surface area contributed by atoms with Crippen molar-refractivity contribution in [3.05, 3.63) is 77.7 Å². The molecule has 4 heterocycles. The molecular weight excluding hydrogens is 456 g/mol. The van der Waals surface area contributed by atoms with Crippen LogP contribution in [-0.2, 0) is 16.0 Å². The van der Waals surface area contributed by atoms with Crippen molar-refractivity contribution in [1.82, 2.24) is 19.3 Å². The molecule has 0 saturated carbocycles. The van der Waals surface area contributed by atoms with Crippen molar-refractivity contribution in [2.24, 2.45) is 0 Å². The molecule has 1 unspecified atom stereocenters. The highest BCUT2D eigenvalue weighted by Crippen LogP contribution is 2.37. The Balaban J connectivity index is 1.49. The number of piperazine rings is 1. The molecule has 0 spiro atoms. The van der Waals surface area contributed by atoms with Crippen LogP contribution in [0.4, 0.5) is 11.5 Å². The van der Waals surface area contributed by atoms with E-state index in [-0.39, 0.29) is 11.8 Å². The number of amides is 2. The Hall–Kier alpha value is -4.24. The van der Waals surface area contributed by atoms with Crippen LogP contribution in [-0.4, -0.2) is 62.4 Å². The highest BCUT2D eigenvalue weighted by atomic mass is 16.3. The summed E-state index contributed by atoms with van der Waals surface area (Å²) in [7, 11) is 0. The van der Waals surface area contributed by atoms with Crippen molar-refractivity contribution in [2.75, 3.05) is 36.4 Å². The summed E-state index contributed by atoms with van der Waals surface area (Å²) in [6.07, 6.45) is 2.97. The van der Waals surface area contributed by atoms with Gasteiger partial charge < -0.3 is 20.2 Å². The molecule has 9 nitrogen and oxygen atoms in total. The molecule has 0 aliphatic carbocycles. The predicted octanol–water partition coefficient (Wildman–Crippen LogP) is 2.64. The largest absolute Gasteiger partial charge is 0.382 e. The lowest BCUT2D eigenvalue weighted by atomic mass is 10.00. The average Bonchev–Trinajstić information content (AvgIpc) is 3.48. The zero-order valence-electron chi connectivity index (χ0n) is 19.9. The Morgan fingerprint density at radius 2 is 1.86 bits per heavy atom. The summed E-state index contributed by atoms with van der Waals surface area (Å²) in [5.74, 6) is 0.759. The molecule has 9 heteroatoms. The number of hydrogen-bond donors (Lipinski definition) is 2. The number of hydrogen-bond acceptors (Lipinski definition) is 6. The first kappa shape index (κ1) is 22.2. The quantitative estimate of drug-likeness (QED) is 0.464. The molecule has 2 aliphatic heterocycles. The third kappa shape index (κ3) is 3.77. The van der Waals surface area contributed by atoms with Crippen molar-refractivity contribution in [2.45, 2.75) is 19.4 Å². The van der Waals surface area contributed by atoms with Gasteiger partial charge in [-0.3, -0.25) is 14.0 Å². The van der Waals surface area contributed by atoms with Gasteiger partial charge in [0.25, 0.3) is 0 Å². The number of fused-ring (bicyclic) bond motifs is 2. The molecule has 2 N–H and O–H groups in total. The molecule has 182 valence electrons. The molecule has 1 atom stereocenters. The molecule has 2 aliphatic rings. The fraction of sp³-hybridized carbons (Fsp3) is 0.259. The summed E-state index contributed by atoms with van der Waals surface area (Å²) >= 11 is 0. The fourth-order valence-electron chi connectivity index (χ4n) is 5.09. The minimum absolute atomic E-state index is 0.0268. The molecule has 6 rings (SSSR count). The van der Waals surface area contributed by atoms with E-state index >= 15 is 0 Å². The lowest BCUT2D eigenvalue weighted by molar-refractivity contribution is -0.129. The SMILES string of the molecule is CC(=O)N1CCN(c2nccn3c(-c4ccc5c(c4)CC(=O)N5)c(C(O)c4ccccc4)nc23)CC1. The fourth-order valence-corrected chi connectivity index (χ4v) is 5.09. The summed E-state index contributed by atoms with van der Waals surface area (Å²) in [5, 5.41) is 14.3. The molecule has 2 aromatic heterocycles. The van der Waals surface area contributed by atoms with Gasteiger partial charge in [0, 0.05) is 56.7 Å². The van der Waals surface area contributed by atoms with Gasteiger partial charge in [-0.15, -0.1) is 0 Å². The topological polar surface area (TPSA) is 103 Å². The number of anilines is 2. The predicted molar refractivity (Wildman–Crippen MR) is 136 cm³/mol. The maximum atomic E-state index is 11.9.